The molecule has 2 aliphatic rings. The highest BCUT2D eigenvalue weighted by atomic mass is 16.2. The predicted octanol–water partition coefficient (Wildman–Crippen LogP) is 2.59. The van der Waals surface area contributed by atoms with Crippen molar-refractivity contribution in [2.75, 3.05) is 0 Å². The number of urea groups is 1. The maximum Gasteiger partial charge on any atom is 0.344 e. The normalized spacial score (nSPS) is 19.1. The van der Waals surface area contributed by atoms with E-state index < -0.39 is 35.2 Å². The number of carbonyl (C=O) groups is 5. The monoisotopic (exact) mass is 468 g/mol. The van der Waals surface area contributed by atoms with Crippen LogP contribution in [0.4, 0.5) is 4.79 Å². The summed E-state index contributed by atoms with van der Waals surface area (Å²) in [5, 5.41) is 3.23. The molecule has 9 nitrogen and oxygen atoms in total. The molecule has 0 radical (unpaired) electrons. The average Bonchev–Trinajstić information content (AvgIpc) is 3.24. The van der Waals surface area contributed by atoms with Gasteiger partial charge in [0.1, 0.15) is 5.54 Å². The highest BCUT2D eigenvalue weighted by molar-refractivity contribution is 6.22. The molecule has 0 saturated carbocycles. The van der Waals surface area contributed by atoms with Gasteiger partial charge in [0.25, 0.3) is 23.6 Å². The summed E-state index contributed by atoms with van der Waals surface area (Å²) < 4.78 is 0. The SMILES string of the molecule is CC1(c2ccccc2)NC(=O)N(NC(=O)c2ccc3c(c2)C(=O)N(Cc2ccccc2)C3=O)C1=O. The summed E-state index contributed by atoms with van der Waals surface area (Å²) >= 11 is 0. The molecule has 3 aromatic carbocycles. The van der Waals surface area contributed by atoms with Gasteiger partial charge in [-0.15, -0.1) is 0 Å². The Hall–Kier alpha value is -4.79. The second kappa shape index (κ2) is 8.21. The summed E-state index contributed by atoms with van der Waals surface area (Å²) in [4.78, 5) is 65.2. The van der Waals surface area contributed by atoms with E-state index in [0.29, 0.717) is 10.6 Å². The minimum Gasteiger partial charge on any atom is -0.318 e. The van der Waals surface area contributed by atoms with Gasteiger partial charge in [0.2, 0.25) is 0 Å². The van der Waals surface area contributed by atoms with Gasteiger partial charge in [0.05, 0.1) is 17.7 Å². The Kier molecular flexibility index (Phi) is 5.17. The first-order valence-corrected chi connectivity index (χ1v) is 10.9. The number of fused-ring (bicyclic) bond motifs is 1. The van der Waals surface area contributed by atoms with E-state index in [0.717, 1.165) is 10.5 Å². The average molecular weight is 468 g/mol. The molecule has 0 bridgehead atoms. The first kappa shape index (κ1) is 22.0. The van der Waals surface area contributed by atoms with E-state index in [9.17, 15) is 24.0 Å². The number of nitrogens with one attached hydrogen (secondary N) is 2. The number of amides is 6. The zero-order valence-electron chi connectivity index (χ0n) is 18.6. The molecule has 3 aromatic rings. The minimum atomic E-state index is -1.34. The van der Waals surface area contributed by atoms with Crippen LogP contribution >= 0.6 is 0 Å². The Morgan fingerprint density at radius 2 is 1.49 bits per heavy atom. The predicted molar refractivity (Wildman–Crippen MR) is 124 cm³/mol. The van der Waals surface area contributed by atoms with Crippen molar-refractivity contribution in [3.63, 3.8) is 0 Å². The molecule has 35 heavy (non-hydrogen) atoms. The zero-order chi connectivity index (χ0) is 24.7. The molecule has 6 amide bonds. The fraction of sp³-hybridized carbons (Fsp3) is 0.115. The van der Waals surface area contributed by atoms with Gasteiger partial charge >= 0.3 is 6.03 Å². The fourth-order valence-electron chi connectivity index (χ4n) is 4.22. The summed E-state index contributed by atoms with van der Waals surface area (Å²) in [6.07, 6.45) is 0. The summed E-state index contributed by atoms with van der Waals surface area (Å²) in [5.74, 6) is -2.39. The Labute approximate surface area is 200 Å². The number of rotatable bonds is 5. The molecule has 0 aliphatic carbocycles. The molecule has 174 valence electrons. The third kappa shape index (κ3) is 3.63. The Bertz CT molecular complexity index is 1390. The van der Waals surface area contributed by atoms with Crippen LogP contribution in [0, 0.1) is 0 Å². The van der Waals surface area contributed by atoms with Crippen LogP contribution in [0.2, 0.25) is 0 Å². The van der Waals surface area contributed by atoms with Crippen molar-refractivity contribution in [3.8, 4) is 0 Å². The van der Waals surface area contributed by atoms with Crippen molar-refractivity contribution in [3.05, 3.63) is 107 Å². The van der Waals surface area contributed by atoms with Crippen molar-refractivity contribution >= 4 is 29.7 Å². The number of carbonyl (C=O) groups excluding carboxylic acids is 5. The van der Waals surface area contributed by atoms with Crippen LogP contribution < -0.4 is 10.7 Å². The van der Waals surface area contributed by atoms with Crippen LogP contribution in [0.15, 0.2) is 78.9 Å². The lowest BCUT2D eigenvalue weighted by molar-refractivity contribution is -0.132. The van der Waals surface area contributed by atoms with Crippen molar-refractivity contribution in [1.82, 2.24) is 20.7 Å². The Balaban J connectivity index is 1.35. The lowest BCUT2D eigenvalue weighted by Crippen LogP contribution is -2.47. The van der Waals surface area contributed by atoms with Gasteiger partial charge in [-0.05, 0) is 36.2 Å². The number of hydrogen-bond acceptors (Lipinski definition) is 5. The van der Waals surface area contributed by atoms with Crippen LogP contribution in [0.25, 0.3) is 0 Å². The van der Waals surface area contributed by atoms with Gasteiger partial charge in [0.15, 0.2) is 0 Å². The van der Waals surface area contributed by atoms with Crippen LogP contribution in [-0.2, 0) is 16.9 Å². The maximum absolute atomic E-state index is 13.0. The number of benzene rings is 3. The van der Waals surface area contributed by atoms with Gasteiger partial charge in [-0.2, -0.15) is 5.01 Å². The highest BCUT2D eigenvalue weighted by Crippen LogP contribution is 2.29. The Morgan fingerprint density at radius 1 is 0.857 bits per heavy atom. The molecular formula is C26H20N4O5. The summed E-state index contributed by atoms with van der Waals surface area (Å²) in [5.41, 5.74) is 2.63. The van der Waals surface area contributed by atoms with Gasteiger partial charge < -0.3 is 5.32 Å². The Morgan fingerprint density at radius 3 is 2.17 bits per heavy atom. The van der Waals surface area contributed by atoms with Crippen molar-refractivity contribution in [2.45, 2.75) is 19.0 Å². The lowest BCUT2D eigenvalue weighted by atomic mass is 9.92. The zero-order valence-corrected chi connectivity index (χ0v) is 18.6. The van der Waals surface area contributed by atoms with Gasteiger partial charge in [-0.1, -0.05) is 60.7 Å². The molecule has 5 rings (SSSR count). The minimum absolute atomic E-state index is 0.0281. The number of hydrogen-bond donors (Lipinski definition) is 2. The molecule has 9 heteroatoms. The smallest absolute Gasteiger partial charge is 0.318 e. The van der Waals surface area contributed by atoms with E-state index in [1.165, 1.54) is 18.2 Å². The first-order chi connectivity index (χ1) is 16.8. The highest BCUT2D eigenvalue weighted by Gasteiger charge is 2.50. The molecule has 0 aromatic heterocycles. The molecular weight excluding hydrogens is 448 g/mol. The summed E-state index contributed by atoms with van der Waals surface area (Å²) in [6.45, 7) is 1.66. The third-order valence-corrected chi connectivity index (χ3v) is 6.17. The molecule has 1 unspecified atom stereocenters. The number of imide groups is 2. The van der Waals surface area contributed by atoms with Crippen LogP contribution in [-0.4, -0.2) is 39.6 Å². The summed E-state index contributed by atoms with van der Waals surface area (Å²) in [6, 6.07) is 21.0. The second-order valence-corrected chi connectivity index (χ2v) is 8.45. The number of nitrogens with zero attached hydrogens (tertiary/aromatic N) is 2. The molecule has 1 atom stereocenters. The van der Waals surface area contributed by atoms with Gasteiger partial charge in [-0.3, -0.25) is 29.5 Å². The molecule has 1 saturated heterocycles. The van der Waals surface area contributed by atoms with Crippen LogP contribution in [0.5, 0.6) is 0 Å². The topological polar surface area (TPSA) is 116 Å². The van der Waals surface area contributed by atoms with Crippen molar-refractivity contribution in [2.24, 2.45) is 0 Å². The van der Waals surface area contributed by atoms with E-state index in [2.05, 4.69) is 10.7 Å². The molecule has 1 fully saturated rings. The maximum atomic E-state index is 13.0. The second-order valence-electron chi connectivity index (χ2n) is 8.45. The van der Waals surface area contributed by atoms with Crippen LogP contribution in [0.3, 0.4) is 0 Å². The standard InChI is InChI=1S/C26H20N4O5/c1-26(18-10-6-3-7-11-18)24(34)30(25(35)27-26)28-21(31)17-12-13-19-20(14-17)23(33)29(22(19)32)15-16-8-4-2-5-9-16/h2-14H,15H2,1H3,(H,27,35)(H,28,31). The molecule has 2 N–H and O–H groups in total. The number of hydrazine groups is 1. The molecule has 0 spiro atoms. The third-order valence-electron chi connectivity index (χ3n) is 6.17. The van der Waals surface area contributed by atoms with E-state index in [1.807, 2.05) is 30.3 Å². The largest absolute Gasteiger partial charge is 0.344 e. The van der Waals surface area contributed by atoms with Crippen molar-refractivity contribution < 1.29 is 24.0 Å². The van der Waals surface area contributed by atoms with E-state index in [1.54, 1.807) is 37.3 Å². The van der Waals surface area contributed by atoms with Gasteiger partial charge in [0, 0.05) is 5.56 Å². The fourth-order valence-corrected chi connectivity index (χ4v) is 4.22. The first-order valence-electron chi connectivity index (χ1n) is 10.9. The van der Waals surface area contributed by atoms with Crippen LogP contribution in [0.1, 0.15) is 49.1 Å². The van der Waals surface area contributed by atoms with Gasteiger partial charge in [-0.25, -0.2) is 4.79 Å². The quantitative estimate of drug-likeness (QED) is 0.441. The summed E-state index contributed by atoms with van der Waals surface area (Å²) in [7, 11) is 0. The molecule has 2 aliphatic heterocycles. The lowest BCUT2D eigenvalue weighted by Gasteiger charge is -2.22. The van der Waals surface area contributed by atoms with Crippen molar-refractivity contribution in [1.29, 1.82) is 0 Å². The van der Waals surface area contributed by atoms with E-state index in [-0.39, 0.29) is 23.2 Å². The van der Waals surface area contributed by atoms with E-state index in [4.69, 9.17) is 0 Å². The molecule has 2 heterocycles. The van der Waals surface area contributed by atoms with E-state index >= 15 is 0 Å².